The number of halogens is 2. The third-order valence-electron chi connectivity index (χ3n) is 4.93. The Kier molecular flexibility index (Phi) is 5.36. The fraction of sp³-hybridized carbons (Fsp3) is 0.474. The van der Waals surface area contributed by atoms with Crippen molar-refractivity contribution in [1.29, 1.82) is 0 Å². The number of hydrogen-bond acceptors (Lipinski definition) is 3. The fourth-order valence-corrected chi connectivity index (χ4v) is 3.05. The van der Waals surface area contributed by atoms with Crippen LogP contribution in [0.15, 0.2) is 24.5 Å². The number of aryl methyl sites for hydroxylation is 1. The Morgan fingerprint density at radius 2 is 2.04 bits per heavy atom. The lowest BCUT2D eigenvalue weighted by molar-refractivity contribution is 0.0744. The smallest absolute Gasteiger partial charge is 0.254 e. The average molecular weight is 362 g/mol. The number of rotatable bonds is 4. The van der Waals surface area contributed by atoms with E-state index in [1.165, 1.54) is 6.07 Å². The summed E-state index contributed by atoms with van der Waals surface area (Å²) in [6, 6.07) is 3.68. The molecule has 0 N–H and O–H groups in total. The second-order valence-corrected chi connectivity index (χ2v) is 7.05. The van der Waals surface area contributed by atoms with E-state index in [1.54, 1.807) is 4.90 Å². The lowest BCUT2D eigenvalue weighted by Gasteiger charge is -2.23. The molecule has 0 spiro atoms. The second-order valence-electron chi connectivity index (χ2n) is 7.05. The van der Waals surface area contributed by atoms with Gasteiger partial charge >= 0.3 is 0 Å². The predicted octanol–water partition coefficient (Wildman–Crippen LogP) is 3.05. The van der Waals surface area contributed by atoms with Crippen molar-refractivity contribution >= 4 is 5.91 Å². The van der Waals surface area contributed by atoms with E-state index in [-0.39, 0.29) is 11.5 Å². The first-order chi connectivity index (χ1) is 12.4. The quantitative estimate of drug-likeness (QED) is 0.839. The molecule has 5 nitrogen and oxygen atoms in total. The van der Waals surface area contributed by atoms with Gasteiger partial charge in [-0.25, -0.2) is 13.8 Å². The van der Waals surface area contributed by atoms with Crippen LogP contribution < -0.4 is 0 Å². The van der Waals surface area contributed by atoms with E-state index < -0.39 is 11.6 Å². The molecule has 0 aliphatic carbocycles. The molecule has 1 amide bonds. The van der Waals surface area contributed by atoms with Gasteiger partial charge in [0.25, 0.3) is 5.91 Å². The number of amides is 1. The zero-order valence-electron chi connectivity index (χ0n) is 15.4. The van der Waals surface area contributed by atoms with Gasteiger partial charge in [0.15, 0.2) is 11.6 Å². The first kappa shape index (κ1) is 18.5. The van der Waals surface area contributed by atoms with Gasteiger partial charge in [0.1, 0.15) is 0 Å². The van der Waals surface area contributed by atoms with Crippen molar-refractivity contribution in [2.45, 2.75) is 45.9 Å². The van der Waals surface area contributed by atoms with Crippen LogP contribution in [0.3, 0.4) is 0 Å². The van der Waals surface area contributed by atoms with Crippen LogP contribution in [0.1, 0.15) is 42.0 Å². The summed E-state index contributed by atoms with van der Waals surface area (Å²) in [6.07, 6.45) is 2.61. The largest absolute Gasteiger partial charge is 0.333 e. The summed E-state index contributed by atoms with van der Waals surface area (Å²) in [4.78, 5) is 21.2. The van der Waals surface area contributed by atoms with E-state index in [4.69, 9.17) is 0 Å². The molecule has 0 saturated heterocycles. The molecule has 2 heterocycles. The number of nitrogens with zero attached hydrogens (tertiary/aromatic N) is 4. The predicted molar refractivity (Wildman–Crippen MR) is 94.5 cm³/mol. The highest BCUT2D eigenvalue weighted by Gasteiger charge is 2.24. The summed E-state index contributed by atoms with van der Waals surface area (Å²) in [5, 5.41) is 0. The number of benzene rings is 1. The maximum absolute atomic E-state index is 13.5. The van der Waals surface area contributed by atoms with Crippen LogP contribution >= 0.6 is 0 Å². The zero-order valence-corrected chi connectivity index (χ0v) is 15.4. The van der Waals surface area contributed by atoms with E-state index in [9.17, 15) is 13.6 Å². The minimum atomic E-state index is -1.00. The lowest BCUT2D eigenvalue weighted by atomic mass is 10.1. The van der Waals surface area contributed by atoms with Crippen LogP contribution in [-0.4, -0.2) is 44.9 Å². The Labute approximate surface area is 152 Å². The lowest BCUT2D eigenvalue weighted by Crippen LogP contribution is -2.32. The fourth-order valence-electron chi connectivity index (χ4n) is 3.05. The van der Waals surface area contributed by atoms with Crippen LogP contribution in [0, 0.1) is 11.6 Å². The van der Waals surface area contributed by atoms with Crippen LogP contribution in [0.5, 0.6) is 0 Å². The maximum atomic E-state index is 13.5. The number of imidazole rings is 1. The second kappa shape index (κ2) is 7.53. The minimum Gasteiger partial charge on any atom is -0.333 e. The van der Waals surface area contributed by atoms with Crippen molar-refractivity contribution in [2.24, 2.45) is 0 Å². The molecule has 0 atom stereocenters. The molecule has 140 valence electrons. The van der Waals surface area contributed by atoms with Crippen LogP contribution in [0.4, 0.5) is 8.78 Å². The van der Waals surface area contributed by atoms with Gasteiger partial charge in [-0.05, 0) is 45.5 Å². The van der Waals surface area contributed by atoms with Gasteiger partial charge in [0, 0.05) is 31.2 Å². The topological polar surface area (TPSA) is 41.4 Å². The third-order valence-corrected chi connectivity index (χ3v) is 4.93. The molecule has 7 heteroatoms. The van der Waals surface area contributed by atoms with E-state index in [1.807, 2.05) is 13.4 Å². The summed E-state index contributed by atoms with van der Waals surface area (Å²) in [6.45, 7) is 6.71. The summed E-state index contributed by atoms with van der Waals surface area (Å²) in [5.74, 6) is -2.24. The first-order valence-corrected chi connectivity index (χ1v) is 8.84. The van der Waals surface area contributed by atoms with Crippen molar-refractivity contribution in [1.82, 2.24) is 19.4 Å². The van der Waals surface area contributed by atoms with E-state index in [0.717, 1.165) is 36.5 Å². The highest BCUT2D eigenvalue weighted by molar-refractivity contribution is 5.94. The van der Waals surface area contributed by atoms with Gasteiger partial charge in [0.2, 0.25) is 0 Å². The Morgan fingerprint density at radius 1 is 1.27 bits per heavy atom. The molecular weight excluding hydrogens is 338 g/mol. The molecule has 26 heavy (non-hydrogen) atoms. The van der Waals surface area contributed by atoms with E-state index in [0.29, 0.717) is 25.7 Å². The Morgan fingerprint density at radius 3 is 2.73 bits per heavy atom. The average Bonchev–Trinajstić information content (AvgIpc) is 2.85. The first-order valence-electron chi connectivity index (χ1n) is 8.84. The third kappa shape index (κ3) is 3.77. The molecule has 0 saturated carbocycles. The summed E-state index contributed by atoms with van der Waals surface area (Å²) in [5.41, 5.74) is 2.12. The van der Waals surface area contributed by atoms with Gasteiger partial charge in [-0.15, -0.1) is 0 Å². The van der Waals surface area contributed by atoms with Gasteiger partial charge in [-0.1, -0.05) is 0 Å². The summed E-state index contributed by atoms with van der Waals surface area (Å²) in [7, 11) is 2.04. The van der Waals surface area contributed by atoms with Gasteiger partial charge in [-0.3, -0.25) is 9.69 Å². The van der Waals surface area contributed by atoms with Crippen LogP contribution in [-0.2, 0) is 19.6 Å². The molecule has 1 aromatic heterocycles. The molecule has 1 aliphatic rings. The molecule has 3 rings (SSSR count). The van der Waals surface area contributed by atoms with Crippen molar-refractivity contribution in [2.75, 3.05) is 13.6 Å². The Balaban J connectivity index is 1.83. The van der Waals surface area contributed by atoms with Crippen molar-refractivity contribution in [3.63, 3.8) is 0 Å². The number of fused-ring (bicyclic) bond motifs is 1. The Bertz CT molecular complexity index is 803. The van der Waals surface area contributed by atoms with E-state index >= 15 is 0 Å². The molecule has 0 radical (unpaired) electrons. The molecule has 0 unspecified atom stereocenters. The molecule has 0 bridgehead atoms. The highest BCUT2D eigenvalue weighted by atomic mass is 19.2. The molecule has 1 aromatic carbocycles. The number of carbonyl (C=O) groups excluding carboxylic acids is 1. The molecular formula is C19H24F2N4O. The van der Waals surface area contributed by atoms with Gasteiger partial charge in [0.05, 0.1) is 24.3 Å². The summed E-state index contributed by atoms with van der Waals surface area (Å²) < 4.78 is 28.7. The molecule has 2 aromatic rings. The van der Waals surface area contributed by atoms with Crippen molar-refractivity contribution < 1.29 is 13.6 Å². The van der Waals surface area contributed by atoms with Crippen molar-refractivity contribution in [3.8, 4) is 0 Å². The van der Waals surface area contributed by atoms with Gasteiger partial charge in [-0.2, -0.15) is 0 Å². The Hall–Kier alpha value is -2.28. The van der Waals surface area contributed by atoms with Crippen molar-refractivity contribution in [3.05, 3.63) is 53.1 Å². The molecule has 1 aliphatic heterocycles. The molecule has 0 fully saturated rings. The number of aromatic nitrogens is 2. The minimum absolute atomic E-state index is 0.165. The monoisotopic (exact) mass is 362 g/mol. The van der Waals surface area contributed by atoms with Crippen LogP contribution in [0.25, 0.3) is 0 Å². The summed E-state index contributed by atoms with van der Waals surface area (Å²) >= 11 is 0. The SMILES string of the molecule is CC(C)N(C)Cc1ncn2c1CN(C(=O)c1ccc(F)c(F)c1)CCC2. The number of carbonyl (C=O) groups is 1. The normalized spacial score (nSPS) is 14.7. The standard InChI is InChI=1S/C19H24F2N4O/c1-13(2)23(3)10-17-18-11-24(7-4-8-25(18)12-22-17)19(26)14-5-6-15(20)16(21)9-14/h5-6,9,12-13H,4,7-8,10-11H2,1-3H3. The highest BCUT2D eigenvalue weighted by Crippen LogP contribution is 2.20. The maximum Gasteiger partial charge on any atom is 0.254 e. The van der Waals surface area contributed by atoms with Gasteiger partial charge < -0.3 is 9.47 Å². The zero-order chi connectivity index (χ0) is 18.8. The number of hydrogen-bond donors (Lipinski definition) is 0. The van der Waals surface area contributed by atoms with Crippen LogP contribution in [0.2, 0.25) is 0 Å². The van der Waals surface area contributed by atoms with E-state index in [2.05, 4.69) is 28.3 Å².